The second-order valence-electron chi connectivity index (χ2n) is 5.20. The third-order valence-electron chi connectivity index (χ3n) is 3.37. The van der Waals surface area contributed by atoms with Gasteiger partial charge in [-0.1, -0.05) is 23.7 Å². The maximum Gasteiger partial charge on any atom is 0.323 e. The van der Waals surface area contributed by atoms with Gasteiger partial charge in [-0.25, -0.2) is 4.79 Å². The van der Waals surface area contributed by atoms with E-state index in [0.29, 0.717) is 16.5 Å². The first kappa shape index (κ1) is 16.2. The fourth-order valence-electron chi connectivity index (χ4n) is 2.08. The molecule has 0 aliphatic carbocycles. The predicted octanol–water partition coefficient (Wildman–Crippen LogP) is 4.92. The van der Waals surface area contributed by atoms with Gasteiger partial charge in [0.1, 0.15) is 5.75 Å². The minimum Gasteiger partial charge on any atom is -0.495 e. The first-order valence-electron chi connectivity index (χ1n) is 6.90. The van der Waals surface area contributed by atoms with Crippen LogP contribution >= 0.6 is 11.6 Å². The van der Waals surface area contributed by atoms with E-state index in [-0.39, 0.29) is 6.03 Å². The van der Waals surface area contributed by atoms with Crippen molar-refractivity contribution >= 4 is 29.0 Å². The molecule has 0 fully saturated rings. The summed E-state index contributed by atoms with van der Waals surface area (Å²) in [6.07, 6.45) is 0. The van der Waals surface area contributed by atoms with Gasteiger partial charge in [0, 0.05) is 16.8 Å². The summed E-state index contributed by atoms with van der Waals surface area (Å²) in [5.74, 6) is 0.520. The standard InChI is InChI=1S/C17H19ClN2O2/c1-10-5-6-11(2)14(7-10)19-17(21)20-15-8-12(3)13(18)9-16(15)22-4/h5-9H,1-4H3,(H2,19,20,21). The van der Waals surface area contributed by atoms with Gasteiger partial charge >= 0.3 is 6.03 Å². The average Bonchev–Trinajstić information content (AvgIpc) is 2.46. The zero-order valence-corrected chi connectivity index (χ0v) is 13.8. The number of urea groups is 1. The summed E-state index contributed by atoms with van der Waals surface area (Å²) < 4.78 is 5.25. The van der Waals surface area contributed by atoms with E-state index in [1.807, 2.05) is 39.0 Å². The maximum atomic E-state index is 12.2. The van der Waals surface area contributed by atoms with Crippen LogP contribution in [0.25, 0.3) is 0 Å². The Balaban J connectivity index is 2.19. The van der Waals surface area contributed by atoms with Crippen LogP contribution in [0.1, 0.15) is 16.7 Å². The van der Waals surface area contributed by atoms with Crippen molar-refractivity contribution in [3.63, 3.8) is 0 Å². The highest BCUT2D eigenvalue weighted by Gasteiger charge is 2.11. The van der Waals surface area contributed by atoms with Crippen molar-refractivity contribution in [2.24, 2.45) is 0 Å². The Morgan fingerprint density at radius 3 is 2.36 bits per heavy atom. The highest BCUT2D eigenvalue weighted by atomic mass is 35.5. The molecule has 0 heterocycles. The van der Waals surface area contributed by atoms with E-state index < -0.39 is 0 Å². The molecule has 0 bridgehead atoms. The van der Waals surface area contributed by atoms with E-state index in [1.54, 1.807) is 12.1 Å². The zero-order chi connectivity index (χ0) is 16.3. The first-order chi connectivity index (χ1) is 10.4. The van der Waals surface area contributed by atoms with E-state index >= 15 is 0 Å². The lowest BCUT2D eigenvalue weighted by atomic mass is 10.1. The third kappa shape index (κ3) is 3.71. The van der Waals surface area contributed by atoms with Gasteiger partial charge in [0.15, 0.2) is 0 Å². The SMILES string of the molecule is COc1cc(Cl)c(C)cc1NC(=O)Nc1cc(C)ccc1C. The highest BCUT2D eigenvalue weighted by Crippen LogP contribution is 2.31. The van der Waals surface area contributed by atoms with Gasteiger partial charge in [-0.05, 0) is 49.6 Å². The molecule has 2 aromatic carbocycles. The number of aryl methyl sites for hydroxylation is 3. The van der Waals surface area contributed by atoms with Gasteiger partial charge in [0.2, 0.25) is 0 Å². The number of amides is 2. The van der Waals surface area contributed by atoms with E-state index in [2.05, 4.69) is 10.6 Å². The normalized spacial score (nSPS) is 10.2. The van der Waals surface area contributed by atoms with E-state index in [4.69, 9.17) is 16.3 Å². The Hall–Kier alpha value is -2.20. The number of ether oxygens (including phenoxy) is 1. The Morgan fingerprint density at radius 2 is 1.68 bits per heavy atom. The lowest BCUT2D eigenvalue weighted by Gasteiger charge is -2.14. The molecule has 0 saturated heterocycles. The van der Waals surface area contributed by atoms with Gasteiger partial charge in [-0.3, -0.25) is 0 Å². The molecule has 4 nitrogen and oxygen atoms in total. The molecule has 0 radical (unpaired) electrons. The van der Waals surface area contributed by atoms with Crippen molar-refractivity contribution in [1.29, 1.82) is 0 Å². The number of carbonyl (C=O) groups excluding carboxylic acids is 1. The average molecular weight is 319 g/mol. The van der Waals surface area contributed by atoms with Crippen molar-refractivity contribution in [3.8, 4) is 5.75 Å². The summed E-state index contributed by atoms with van der Waals surface area (Å²) >= 11 is 6.06. The van der Waals surface area contributed by atoms with Crippen LogP contribution in [-0.2, 0) is 0 Å². The monoisotopic (exact) mass is 318 g/mol. The Labute approximate surface area is 135 Å². The highest BCUT2D eigenvalue weighted by molar-refractivity contribution is 6.31. The van der Waals surface area contributed by atoms with Crippen molar-refractivity contribution < 1.29 is 9.53 Å². The van der Waals surface area contributed by atoms with E-state index in [0.717, 1.165) is 22.4 Å². The van der Waals surface area contributed by atoms with E-state index in [1.165, 1.54) is 7.11 Å². The first-order valence-corrected chi connectivity index (χ1v) is 7.28. The number of rotatable bonds is 3. The van der Waals surface area contributed by atoms with Crippen LogP contribution < -0.4 is 15.4 Å². The lowest BCUT2D eigenvalue weighted by molar-refractivity contribution is 0.262. The molecular formula is C17H19ClN2O2. The summed E-state index contributed by atoms with van der Waals surface area (Å²) in [5, 5.41) is 6.23. The van der Waals surface area contributed by atoms with Crippen LogP contribution in [0, 0.1) is 20.8 Å². The Kier molecular flexibility index (Phi) is 4.93. The minimum atomic E-state index is -0.325. The van der Waals surface area contributed by atoms with Crippen LogP contribution in [-0.4, -0.2) is 13.1 Å². The van der Waals surface area contributed by atoms with Gasteiger partial charge in [-0.15, -0.1) is 0 Å². The van der Waals surface area contributed by atoms with Crippen LogP contribution in [0.3, 0.4) is 0 Å². The minimum absolute atomic E-state index is 0.325. The number of carbonyl (C=O) groups is 1. The molecule has 0 unspecified atom stereocenters. The number of nitrogens with one attached hydrogen (secondary N) is 2. The van der Waals surface area contributed by atoms with Crippen molar-refractivity contribution in [1.82, 2.24) is 0 Å². The zero-order valence-electron chi connectivity index (χ0n) is 13.1. The number of anilines is 2. The second kappa shape index (κ2) is 6.71. The molecule has 0 aliphatic heterocycles. The summed E-state index contributed by atoms with van der Waals surface area (Å²) in [6, 6.07) is 9.05. The molecule has 116 valence electrons. The summed E-state index contributed by atoms with van der Waals surface area (Å²) in [5.41, 5.74) is 4.31. The fraction of sp³-hybridized carbons (Fsp3) is 0.235. The summed E-state index contributed by atoms with van der Waals surface area (Å²) in [6.45, 7) is 5.80. The van der Waals surface area contributed by atoms with Crippen LogP contribution in [0.15, 0.2) is 30.3 Å². The maximum absolute atomic E-state index is 12.2. The fourth-order valence-corrected chi connectivity index (χ4v) is 2.23. The topological polar surface area (TPSA) is 50.4 Å². The Morgan fingerprint density at radius 1 is 1.00 bits per heavy atom. The molecule has 0 atom stereocenters. The van der Waals surface area contributed by atoms with Crippen LogP contribution in [0.4, 0.5) is 16.2 Å². The molecule has 2 aromatic rings. The Bertz CT molecular complexity index is 714. The van der Waals surface area contributed by atoms with Crippen LogP contribution in [0.5, 0.6) is 5.75 Å². The van der Waals surface area contributed by atoms with Gasteiger partial charge in [0.05, 0.1) is 12.8 Å². The summed E-state index contributed by atoms with van der Waals surface area (Å²) in [4.78, 5) is 12.2. The van der Waals surface area contributed by atoms with Crippen molar-refractivity contribution in [3.05, 3.63) is 52.0 Å². The van der Waals surface area contributed by atoms with Crippen LogP contribution in [0.2, 0.25) is 5.02 Å². The molecule has 2 rings (SSSR count). The molecule has 5 heteroatoms. The van der Waals surface area contributed by atoms with Crippen molar-refractivity contribution in [2.75, 3.05) is 17.7 Å². The number of benzene rings is 2. The quantitative estimate of drug-likeness (QED) is 0.844. The molecule has 0 saturated carbocycles. The molecule has 2 N–H and O–H groups in total. The number of halogens is 1. The van der Waals surface area contributed by atoms with E-state index in [9.17, 15) is 4.79 Å². The third-order valence-corrected chi connectivity index (χ3v) is 3.78. The van der Waals surface area contributed by atoms with Crippen molar-refractivity contribution in [2.45, 2.75) is 20.8 Å². The molecular weight excluding hydrogens is 300 g/mol. The van der Waals surface area contributed by atoms with Gasteiger partial charge in [0.25, 0.3) is 0 Å². The van der Waals surface area contributed by atoms with Gasteiger partial charge < -0.3 is 15.4 Å². The van der Waals surface area contributed by atoms with Gasteiger partial charge in [-0.2, -0.15) is 0 Å². The number of hydrogen-bond donors (Lipinski definition) is 2. The smallest absolute Gasteiger partial charge is 0.323 e. The molecule has 0 aromatic heterocycles. The molecule has 2 amide bonds. The predicted molar refractivity (Wildman–Crippen MR) is 91.3 cm³/mol. The molecule has 0 spiro atoms. The molecule has 22 heavy (non-hydrogen) atoms. The number of methoxy groups -OCH3 is 1. The molecule has 0 aliphatic rings. The number of hydrogen-bond acceptors (Lipinski definition) is 2. The second-order valence-corrected chi connectivity index (χ2v) is 5.61. The largest absolute Gasteiger partial charge is 0.495 e. The lowest BCUT2D eigenvalue weighted by Crippen LogP contribution is -2.20. The summed E-state index contributed by atoms with van der Waals surface area (Å²) in [7, 11) is 1.54.